The summed E-state index contributed by atoms with van der Waals surface area (Å²) in [6, 6.07) is 1.78. The lowest BCUT2D eigenvalue weighted by atomic mass is 10.1. The first kappa shape index (κ1) is 29.0. The van der Waals surface area contributed by atoms with Crippen molar-refractivity contribution >= 4 is 5.97 Å². The van der Waals surface area contributed by atoms with Crippen LogP contribution < -0.4 is 0 Å². The van der Waals surface area contributed by atoms with Crippen molar-refractivity contribution in [2.24, 2.45) is 11.3 Å². The van der Waals surface area contributed by atoms with Crippen molar-refractivity contribution in [2.45, 2.75) is 46.8 Å². The second-order valence-corrected chi connectivity index (χ2v) is 7.38. The normalized spacial score (nSPS) is 15.1. The minimum absolute atomic E-state index is 0.201. The first-order valence-corrected chi connectivity index (χ1v) is 9.56. The van der Waals surface area contributed by atoms with Gasteiger partial charge in [-0.05, 0) is 24.8 Å². The van der Waals surface area contributed by atoms with Crippen LogP contribution in [0.5, 0.6) is 0 Å². The van der Waals surface area contributed by atoms with Crippen molar-refractivity contribution in [1.29, 1.82) is 5.26 Å². The highest BCUT2D eigenvalue weighted by atomic mass is 19.2. The van der Waals surface area contributed by atoms with Gasteiger partial charge >= 0.3 is 5.97 Å². The van der Waals surface area contributed by atoms with Gasteiger partial charge in [-0.15, -0.1) is 12.8 Å². The number of carbonyl (C=O) groups is 1. The van der Waals surface area contributed by atoms with Gasteiger partial charge in [-0.3, -0.25) is 4.79 Å². The van der Waals surface area contributed by atoms with E-state index in [2.05, 4.69) is 24.2 Å². The summed E-state index contributed by atoms with van der Waals surface area (Å²) < 4.78 is 69.1. The molecule has 0 aliphatic heterocycles. The Morgan fingerprint density at radius 2 is 1.53 bits per heavy atom. The fraction of sp³-hybridized carbons (Fsp3) is 0.478. The van der Waals surface area contributed by atoms with Crippen LogP contribution >= 0.6 is 0 Å². The Balaban J connectivity index is 0.000000814. The molecule has 32 heavy (non-hydrogen) atoms. The average Bonchev–Trinajstić information content (AvgIpc) is 3.43. The Morgan fingerprint density at radius 3 is 1.88 bits per heavy atom. The molecule has 0 bridgehead atoms. The molecule has 1 aromatic carbocycles. The number of hydrogen-bond acceptors (Lipinski definition) is 5. The Labute approximate surface area is 186 Å². The van der Waals surface area contributed by atoms with E-state index in [-0.39, 0.29) is 17.1 Å². The highest BCUT2D eigenvalue weighted by Crippen LogP contribution is 2.52. The largest absolute Gasteiger partial charge is 0.484 e. The fourth-order valence-electron chi connectivity index (χ4n) is 2.49. The Hall–Kier alpha value is -3.04. The van der Waals surface area contributed by atoms with E-state index in [1.807, 2.05) is 20.8 Å². The van der Waals surface area contributed by atoms with Gasteiger partial charge in [-0.2, -0.15) is 5.26 Å². The second-order valence-electron chi connectivity index (χ2n) is 7.38. The maximum atomic E-state index is 13.8. The zero-order chi connectivity index (χ0) is 25.1. The number of benzene rings is 1. The maximum absolute atomic E-state index is 13.8. The Kier molecular flexibility index (Phi) is 12.1. The van der Waals surface area contributed by atoms with Crippen molar-refractivity contribution < 1.29 is 36.6 Å². The molecule has 1 fully saturated rings. The van der Waals surface area contributed by atoms with Gasteiger partial charge in [0.2, 0.25) is 0 Å². The molecule has 2 rings (SSSR count). The van der Waals surface area contributed by atoms with Gasteiger partial charge in [0.05, 0.1) is 30.3 Å². The molecule has 0 N–H and O–H groups in total. The van der Waals surface area contributed by atoms with E-state index >= 15 is 0 Å². The van der Waals surface area contributed by atoms with Gasteiger partial charge in [0.15, 0.2) is 29.0 Å². The van der Waals surface area contributed by atoms with E-state index in [1.165, 1.54) is 0 Å². The van der Waals surface area contributed by atoms with E-state index in [1.54, 1.807) is 6.07 Å². The molecule has 1 saturated carbocycles. The van der Waals surface area contributed by atoms with Crippen molar-refractivity contribution in [1.82, 2.24) is 0 Å². The molecule has 0 amide bonds. The van der Waals surface area contributed by atoms with Gasteiger partial charge < -0.3 is 14.2 Å². The van der Waals surface area contributed by atoms with Crippen LogP contribution in [0.4, 0.5) is 17.6 Å². The van der Waals surface area contributed by atoms with Gasteiger partial charge in [-0.1, -0.05) is 20.8 Å². The van der Waals surface area contributed by atoms with Gasteiger partial charge in [-0.25, -0.2) is 17.6 Å². The molecule has 1 aromatic rings. The summed E-state index contributed by atoms with van der Waals surface area (Å²) in [5.74, 6) is -7.03. The number of methoxy groups -OCH3 is 1. The van der Waals surface area contributed by atoms with Gasteiger partial charge in [0, 0.05) is 7.11 Å². The van der Waals surface area contributed by atoms with Crippen LogP contribution in [-0.4, -0.2) is 19.7 Å². The quantitative estimate of drug-likeness (QED) is 0.134. The Morgan fingerprint density at radius 1 is 1.09 bits per heavy atom. The fourth-order valence-corrected chi connectivity index (χ4v) is 2.49. The lowest BCUT2D eigenvalue weighted by Crippen LogP contribution is -2.14. The lowest BCUT2D eigenvalue weighted by molar-refractivity contribution is -0.147. The maximum Gasteiger partial charge on any atom is 0.309 e. The van der Waals surface area contributed by atoms with Crippen LogP contribution in [0.1, 0.15) is 44.7 Å². The first-order chi connectivity index (χ1) is 15.0. The third-order valence-corrected chi connectivity index (χ3v) is 4.50. The van der Waals surface area contributed by atoms with E-state index in [4.69, 9.17) is 14.7 Å². The number of nitrogens with zero attached hydrogens (tertiary/aromatic N) is 1. The molecule has 1 aliphatic carbocycles. The number of hydrogen-bond donors (Lipinski definition) is 0. The van der Waals surface area contributed by atoms with Crippen LogP contribution in [0.25, 0.3) is 0 Å². The highest BCUT2D eigenvalue weighted by molar-refractivity contribution is 5.76. The number of terminal acetylenes is 1. The van der Waals surface area contributed by atoms with Crippen molar-refractivity contribution in [3.05, 3.63) is 46.7 Å². The molecular weight excluding hydrogens is 430 g/mol. The second kappa shape index (κ2) is 13.4. The number of carbonyl (C=O) groups excluding carboxylic acids is 1. The molecule has 0 saturated heterocycles. The standard InChI is InChI=1S/C15H16F4O3.C6H9NO.C2H2/c1-15(2)4-9(15)14(20)22-6-8-12(18)10(16)7(5-21-3)11(17)13(8)19;1-3-4-8-6(2)5-7;1-2/h9H,4-6H2,1-3H3;2-4H2,1H3;1-2H/t9-;;/m0../s1. The molecule has 0 spiro atoms. The number of nitriles is 1. The lowest BCUT2D eigenvalue weighted by Gasteiger charge is -2.12. The summed E-state index contributed by atoms with van der Waals surface area (Å²) in [6.45, 7) is 8.12. The van der Waals surface area contributed by atoms with Crippen LogP contribution in [0, 0.1) is 58.8 Å². The van der Waals surface area contributed by atoms with E-state index in [0.29, 0.717) is 13.0 Å². The number of allylic oxidation sites excluding steroid dienone is 1. The molecule has 9 heteroatoms. The summed E-state index contributed by atoms with van der Waals surface area (Å²) >= 11 is 0. The monoisotopic (exact) mass is 457 g/mol. The Bertz CT molecular complexity index is 846. The van der Waals surface area contributed by atoms with E-state index in [0.717, 1.165) is 13.5 Å². The summed E-state index contributed by atoms with van der Waals surface area (Å²) in [7, 11) is 1.14. The number of halogens is 4. The zero-order valence-corrected chi connectivity index (χ0v) is 18.6. The highest BCUT2D eigenvalue weighted by Gasteiger charge is 2.51. The molecule has 0 unspecified atom stereocenters. The third-order valence-electron chi connectivity index (χ3n) is 4.50. The smallest absolute Gasteiger partial charge is 0.309 e. The average molecular weight is 457 g/mol. The van der Waals surface area contributed by atoms with Crippen molar-refractivity contribution in [3.63, 3.8) is 0 Å². The summed E-state index contributed by atoms with van der Waals surface area (Å²) in [5, 5.41) is 8.09. The van der Waals surface area contributed by atoms with Crippen LogP contribution in [0.3, 0.4) is 0 Å². The van der Waals surface area contributed by atoms with Crippen molar-refractivity contribution in [3.8, 4) is 18.9 Å². The van der Waals surface area contributed by atoms with Gasteiger partial charge in [0.25, 0.3) is 0 Å². The topological polar surface area (TPSA) is 68.6 Å². The molecule has 5 nitrogen and oxygen atoms in total. The van der Waals surface area contributed by atoms with Crippen LogP contribution in [0.2, 0.25) is 0 Å². The predicted molar refractivity (Wildman–Crippen MR) is 110 cm³/mol. The molecule has 0 aromatic heterocycles. The SMILES string of the molecule is C#C.C=C(C#N)OCCC.COCc1c(F)c(F)c(COC(=O)[C@@H]2CC2(C)C)c(F)c1F. The number of ether oxygens (including phenoxy) is 3. The summed E-state index contributed by atoms with van der Waals surface area (Å²) in [6.07, 6.45) is 9.52. The molecule has 0 heterocycles. The minimum atomic E-state index is -1.58. The molecule has 176 valence electrons. The van der Waals surface area contributed by atoms with Crippen molar-refractivity contribution in [2.75, 3.05) is 13.7 Å². The third kappa shape index (κ3) is 7.90. The minimum Gasteiger partial charge on any atom is -0.484 e. The molecule has 0 radical (unpaired) electrons. The van der Waals surface area contributed by atoms with E-state index < -0.39 is 53.6 Å². The predicted octanol–water partition coefficient (Wildman–Crippen LogP) is 5.18. The van der Waals surface area contributed by atoms with Crippen LogP contribution in [0.15, 0.2) is 12.3 Å². The zero-order valence-electron chi connectivity index (χ0n) is 18.6. The number of esters is 1. The van der Waals surface area contributed by atoms with Gasteiger partial charge in [0.1, 0.15) is 12.7 Å². The summed E-state index contributed by atoms with van der Waals surface area (Å²) in [5.41, 5.74) is -2.00. The van der Waals surface area contributed by atoms with Crippen LogP contribution in [-0.2, 0) is 32.2 Å². The molecule has 1 aliphatic rings. The molecule has 1 atom stereocenters. The first-order valence-electron chi connectivity index (χ1n) is 9.56. The van der Waals surface area contributed by atoms with E-state index in [9.17, 15) is 22.4 Å². The molecular formula is C23H27F4NO4. The number of rotatable bonds is 8. The summed E-state index contributed by atoms with van der Waals surface area (Å²) in [4.78, 5) is 11.7.